The van der Waals surface area contributed by atoms with Gasteiger partial charge in [-0.05, 0) is 36.1 Å². The van der Waals surface area contributed by atoms with Gasteiger partial charge in [0.1, 0.15) is 5.00 Å². The Morgan fingerprint density at radius 2 is 2.28 bits per heavy atom. The third-order valence-electron chi connectivity index (χ3n) is 3.13. The smallest absolute Gasteiger partial charge is 0.338 e. The fraction of sp³-hybridized carbons (Fsp3) is 0.500. The molecule has 1 aromatic rings. The third-order valence-corrected chi connectivity index (χ3v) is 3.96. The van der Waals surface area contributed by atoms with Crippen LogP contribution in [-0.2, 0) is 0 Å². The molecule has 0 bridgehead atoms. The number of nitrogens with one attached hydrogen (secondary N) is 2. The molecule has 3 N–H and O–H groups in total. The number of hydrogen-bond donors (Lipinski definition) is 3. The first-order valence-electron chi connectivity index (χ1n) is 5.93. The number of thiophene rings is 1. The van der Waals surface area contributed by atoms with Gasteiger partial charge in [-0.3, -0.25) is 5.32 Å². The quantitative estimate of drug-likeness (QED) is 0.768. The number of urea groups is 1. The summed E-state index contributed by atoms with van der Waals surface area (Å²) in [6.07, 6.45) is 2.50. The number of amides is 2. The number of hydrogen-bond acceptors (Lipinski definition) is 3. The summed E-state index contributed by atoms with van der Waals surface area (Å²) in [7, 11) is 0. The van der Waals surface area contributed by atoms with Crippen LogP contribution in [0.25, 0.3) is 0 Å². The number of aromatic carboxylic acids is 1. The van der Waals surface area contributed by atoms with Gasteiger partial charge in [0.05, 0.1) is 5.56 Å². The maximum atomic E-state index is 11.6. The highest BCUT2D eigenvalue weighted by Gasteiger charge is 2.27. The molecule has 0 aromatic carbocycles. The average Bonchev–Trinajstić information content (AvgIpc) is 3.07. The lowest BCUT2D eigenvalue weighted by Crippen LogP contribution is -2.33. The van der Waals surface area contributed by atoms with E-state index < -0.39 is 5.97 Å². The molecule has 2 rings (SSSR count). The van der Waals surface area contributed by atoms with Crippen molar-refractivity contribution in [2.75, 3.05) is 11.9 Å². The van der Waals surface area contributed by atoms with Gasteiger partial charge in [-0.2, -0.15) is 0 Å². The van der Waals surface area contributed by atoms with E-state index in [1.807, 2.05) is 0 Å². The first-order chi connectivity index (χ1) is 8.58. The Morgan fingerprint density at radius 1 is 1.56 bits per heavy atom. The fourth-order valence-corrected chi connectivity index (χ4v) is 2.58. The van der Waals surface area contributed by atoms with E-state index in [4.69, 9.17) is 5.11 Å². The first-order valence-corrected chi connectivity index (χ1v) is 6.81. The van der Waals surface area contributed by atoms with Crippen molar-refractivity contribution in [3.05, 3.63) is 17.0 Å². The van der Waals surface area contributed by atoms with E-state index in [2.05, 4.69) is 17.6 Å². The lowest BCUT2D eigenvalue weighted by atomic mass is 10.1. The van der Waals surface area contributed by atoms with Gasteiger partial charge < -0.3 is 10.4 Å². The second-order valence-corrected chi connectivity index (χ2v) is 5.53. The van der Waals surface area contributed by atoms with Gasteiger partial charge in [-0.15, -0.1) is 11.3 Å². The van der Waals surface area contributed by atoms with Crippen molar-refractivity contribution in [2.45, 2.75) is 19.8 Å². The number of carboxylic acids is 1. The van der Waals surface area contributed by atoms with Crippen LogP contribution in [0.2, 0.25) is 0 Å². The molecule has 1 aromatic heterocycles. The van der Waals surface area contributed by atoms with Crippen LogP contribution in [0.5, 0.6) is 0 Å². The van der Waals surface area contributed by atoms with E-state index in [0.29, 0.717) is 17.5 Å². The van der Waals surface area contributed by atoms with Crippen molar-refractivity contribution in [1.29, 1.82) is 0 Å². The molecule has 5 nitrogen and oxygen atoms in total. The summed E-state index contributed by atoms with van der Waals surface area (Å²) in [4.78, 5) is 22.5. The van der Waals surface area contributed by atoms with Crippen molar-refractivity contribution < 1.29 is 14.7 Å². The highest BCUT2D eigenvalue weighted by molar-refractivity contribution is 7.14. The fourth-order valence-electron chi connectivity index (χ4n) is 1.81. The van der Waals surface area contributed by atoms with Crippen LogP contribution in [0.1, 0.15) is 30.1 Å². The number of carbonyl (C=O) groups excluding carboxylic acids is 1. The maximum Gasteiger partial charge on any atom is 0.338 e. The normalized spacial score (nSPS) is 16.1. The van der Waals surface area contributed by atoms with E-state index in [-0.39, 0.29) is 11.6 Å². The van der Waals surface area contributed by atoms with E-state index in [1.165, 1.54) is 30.2 Å². The molecule has 1 aliphatic carbocycles. The van der Waals surface area contributed by atoms with Gasteiger partial charge in [0.15, 0.2) is 0 Å². The van der Waals surface area contributed by atoms with Crippen LogP contribution in [-0.4, -0.2) is 23.7 Å². The van der Waals surface area contributed by atoms with Crippen molar-refractivity contribution in [3.8, 4) is 0 Å². The van der Waals surface area contributed by atoms with E-state index in [0.717, 1.165) is 5.92 Å². The second-order valence-electron chi connectivity index (χ2n) is 4.62. The van der Waals surface area contributed by atoms with Crippen LogP contribution in [0.4, 0.5) is 9.80 Å². The molecular weight excluding hydrogens is 252 g/mol. The minimum atomic E-state index is -1.03. The van der Waals surface area contributed by atoms with Gasteiger partial charge in [-0.25, -0.2) is 9.59 Å². The first kappa shape index (κ1) is 12.9. The second kappa shape index (κ2) is 5.39. The Hall–Kier alpha value is -1.56. The minimum Gasteiger partial charge on any atom is -0.478 e. The Kier molecular flexibility index (Phi) is 3.86. The van der Waals surface area contributed by atoms with E-state index in [9.17, 15) is 9.59 Å². The highest BCUT2D eigenvalue weighted by atomic mass is 32.1. The van der Waals surface area contributed by atoms with Crippen LogP contribution >= 0.6 is 11.3 Å². The van der Waals surface area contributed by atoms with Crippen LogP contribution < -0.4 is 10.6 Å². The molecule has 98 valence electrons. The Bertz CT molecular complexity index is 454. The summed E-state index contributed by atoms with van der Waals surface area (Å²) in [5, 5.41) is 16.3. The number of rotatable bonds is 5. The van der Waals surface area contributed by atoms with E-state index >= 15 is 0 Å². The summed E-state index contributed by atoms with van der Waals surface area (Å²) >= 11 is 1.21. The number of carbonyl (C=O) groups is 2. The summed E-state index contributed by atoms with van der Waals surface area (Å²) in [6, 6.07) is 1.14. The summed E-state index contributed by atoms with van der Waals surface area (Å²) < 4.78 is 0. The Labute approximate surface area is 109 Å². The zero-order valence-electron chi connectivity index (χ0n) is 10.1. The standard InChI is InChI=1S/C12H16N2O3S/c1-7(8-2-3-8)6-13-12(17)14-10-9(11(15)16)4-5-18-10/h4-5,7-8H,2-3,6H2,1H3,(H,15,16)(H2,13,14,17). The molecule has 0 radical (unpaired) electrons. The summed E-state index contributed by atoms with van der Waals surface area (Å²) in [5.74, 6) is 0.192. The highest BCUT2D eigenvalue weighted by Crippen LogP contribution is 2.36. The number of carboxylic acid groups (broad SMARTS) is 1. The van der Waals surface area contributed by atoms with Crippen LogP contribution in [0.15, 0.2) is 11.4 Å². The average molecular weight is 268 g/mol. The van der Waals surface area contributed by atoms with Gasteiger partial charge >= 0.3 is 12.0 Å². The monoisotopic (exact) mass is 268 g/mol. The Balaban J connectivity index is 1.82. The molecule has 0 saturated heterocycles. The number of anilines is 1. The van der Waals surface area contributed by atoms with Gasteiger partial charge in [0, 0.05) is 6.54 Å². The van der Waals surface area contributed by atoms with Crippen molar-refractivity contribution in [1.82, 2.24) is 5.32 Å². The van der Waals surface area contributed by atoms with Gasteiger partial charge in [0.2, 0.25) is 0 Å². The lowest BCUT2D eigenvalue weighted by Gasteiger charge is -2.11. The molecule has 0 spiro atoms. The van der Waals surface area contributed by atoms with Gasteiger partial charge in [-0.1, -0.05) is 6.92 Å². The predicted molar refractivity (Wildman–Crippen MR) is 70.2 cm³/mol. The third kappa shape index (κ3) is 3.22. The molecule has 0 aliphatic heterocycles. The largest absolute Gasteiger partial charge is 0.478 e. The summed E-state index contributed by atoms with van der Waals surface area (Å²) in [5.41, 5.74) is 0.130. The molecule has 18 heavy (non-hydrogen) atoms. The molecule has 1 unspecified atom stereocenters. The van der Waals surface area contributed by atoms with Crippen LogP contribution in [0, 0.1) is 11.8 Å². The maximum absolute atomic E-state index is 11.6. The predicted octanol–water partition coefficient (Wildman–Crippen LogP) is 2.61. The topological polar surface area (TPSA) is 78.4 Å². The zero-order valence-corrected chi connectivity index (χ0v) is 10.9. The SMILES string of the molecule is CC(CNC(=O)Nc1sccc1C(=O)O)C1CC1. The van der Waals surface area contributed by atoms with Crippen LogP contribution in [0.3, 0.4) is 0 Å². The van der Waals surface area contributed by atoms with Crippen molar-refractivity contribution in [3.63, 3.8) is 0 Å². The molecule has 1 heterocycles. The van der Waals surface area contributed by atoms with Crippen molar-refractivity contribution >= 4 is 28.3 Å². The van der Waals surface area contributed by atoms with Crippen molar-refractivity contribution in [2.24, 2.45) is 11.8 Å². The lowest BCUT2D eigenvalue weighted by molar-refractivity contribution is 0.0698. The molecule has 2 amide bonds. The Morgan fingerprint density at radius 3 is 2.89 bits per heavy atom. The molecule has 6 heteroatoms. The molecule has 1 aliphatic rings. The van der Waals surface area contributed by atoms with E-state index in [1.54, 1.807) is 5.38 Å². The molecule has 1 fully saturated rings. The molecule has 1 saturated carbocycles. The zero-order chi connectivity index (χ0) is 13.1. The molecule has 1 atom stereocenters. The molecular formula is C12H16N2O3S. The summed E-state index contributed by atoms with van der Waals surface area (Å²) in [6.45, 7) is 2.75. The van der Waals surface area contributed by atoms with Gasteiger partial charge in [0.25, 0.3) is 0 Å². The minimum absolute atomic E-state index is 0.130.